The molecule has 0 saturated heterocycles. The van der Waals surface area contributed by atoms with Gasteiger partial charge in [-0.3, -0.25) is 0 Å². The first-order valence-corrected chi connectivity index (χ1v) is 8.34. The van der Waals surface area contributed by atoms with E-state index in [1.165, 1.54) is 17.8 Å². The molecule has 0 aliphatic heterocycles. The van der Waals surface area contributed by atoms with E-state index in [0.29, 0.717) is 28.6 Å². The maximum absolute atomic E-state index is 13.2. The molecule has 2 unspecified atom stereocenters. The van der Waals surface area contributed by atoms with Crippen molar-refractivity contribution in [3.8, 4) is 0 Å². The zero-order valence-electron chi connectivity index (χ0n) is 12.8. The van der Waals surface area contributed by atoms with Crippen molar-refractivity contribution >= 4 is 11.8 Å². The van der Waals surface area contributed by atoms with E-state index in [1.54, 1.807) is 12.1 Å². The molecule has 1 rings (SSSR count). The summed E-state index contributed by atoms with van der Waals surface area (Å²) < 4.78 is 39.6. The number of hydrogen-bond donors (Lipinski definition) is 1. The van der Waals surface area contributed by atoms with Crippen LogP contribution in [0.1, 0.15) is 44.7 Å². The average molecular weight is 319 g/mol. The van der Waals surface area contributed by atoms with Crippen LogP contribution in [0, 0.1) is 5.92 Å². The van der Waals surface area contributed by atoms with Crippen LogP contribution in [0.2, 0.25) is 0 Å². The third kappa shape index (κ3) is 5.91. The number of nitrogens with two attached hydrogens (primary N) is 1. The molecule has 2 N–H and O–H groups in total. The molecule has 0 heterocycles. The zero-order chi connectivity index (χ0) is 16.0. The van der Waals surface area contributed by atoms with Crippen LogP contribution in [0.5, 0.6) is 0 Å². The van der Waals surface area contributed by atoms with Gasteiger partial charge in [-0.25, -0.2) is 0 Å². The van der Waals surface area contributed by atoms with Gasteiger partial charge in [0, 0.05) is 16.7 Å². The standard InChI is InChI=1S/C16H24F3NS/c1-4-11(3)10-21-15-7-6-12(8-13(20)5-2)9-14(15)16(17,18)19/h6-7,9,11,13H,4-5,8,10,20H2,1-3H3. The summed E-state index contributed by atoms with van der Waals surface area (Å²) in [6.07, 6.45) is -2.11. The van der Waals surface area contributed by atoms with Crippen LogP contribution in [0.25, 0.3) is 0 Å². The average Bonchev–Trinajstić information content (AvgIpc) is 2.44. The Kier molecular flexibility index (Phi) is 7.07. The summed E-state index contributed by atoms with van der Waals surface area (Å²) in [6, 6.07) is 4.52. The van der Waals surface area contributed by atoms with E-state index in [0.717, 1.165) is 12.8 Å². The minimum atomic E-state index is -4.32. The van der Waals surface area contributed by atoms with Gasteiger partial charge in [-0.15, -0.1) is 11.8 Å². The largest absolute Gasteiger partial charge is 0.417 e. The van der Waals surface area contributed by atoms with Crippen LogP contribution in [-0.4, -0.2) is 11.8 Å². The molecule has 0 radical (unpaired) electrons. The van der Waals surface area contributed by atoms with Crippen LogP contribution < -0.4 is 5.73 Å². The third-order valence-corrected chi connectivity index (χ3v) is 4.99. The van der Waals surface area contributed by atoms with Gasteiger partial charge >= 0.3 is 6.18 Å². The van der Waals surface area contributed by atoms with Crippen molar-refractivity contribution in [1.82, 2.24) is 0 Å². The number of alkyl halides is 3. The summed E-state index contributed by atoms with van der Waals surface area (Å²) in [6.45, 7) is 6.03. The molecule has 0 aliphatic carbocycles. The summed E-state index contributed by atoms with van der Waals surface area (Å²) in [4.78, 5) is 0.316. The number of halogens is 3. The first kappa shape index (κ1) is 18.4. The minimum Gasteiger partial charge on any atom is -0.327 e. The Morgan fingerprint density at radius 2 is 1.86 bits per heavy atom. The molecule has 1 aromatic carbocycles. The van der Waals surface area contributed by atoms with E-state index >= 15 is 0 Å². The summed E-state index contributed by atoms with van der Waals surface area (Å²) in [7, 11) is 0. The molecule has 0 spiro atoms. The van der Waals surface area contributed by atoms with Crippen molar-refractivity contribution < 1.29 is 13.2 Å². The maximum atomic E-state index is 13.2. The van der Waals surface area contributed by atoms with E-state index in [9.17, 15) is 13.2 Å². The number of rotatable bonds is 7. The highest BCUT2D eigenvalue weighted by Crippen LogP contribution is 2.38. The minimum absolute atomic E-state index is 0.0929. The predicted octanol–water partition coefficient (Wildman–Crippen LogP) is 5.12. The van der Waals surface area contributed by atoms with Crippen molar-refractivity contribution in [2.24, 2.45) is 11.7 Å². The Labute approximate surface area is 129 Å². The fraction of sp³-hybridized carbons (Fsp3) is 0.625. The summed E-state index contributed by atoms with van der Waals surface area (Å²) >= 11 is 1.29. The fourth-order valence-corrected chi connectivity index (χ4v) is 3.04. The molecule has 120 valence electrons. The number of hydrogen-bond acceptors (Lipinski definition) is 2. The van der Waals surface area contributed by atoms with Gasteiger partial charge in [0.25, 0.3) is 0 Å². The smallest absolute Gasteiger partial charge is 0.327 e. The highest BCUT2D eigenvalue weighted by Gasteiger charge is 2.33. The van der Waals surface area contributed by atoms with Gasteiger partial charge in [-0.05, 0) is 36.5 Å². The SMILES string of the molecule is CCC(C)CSc1ccc(CC(N)CC)cc1C(F)(F)F. The molecule has 1 nitrogen and oxygen atoms in total. The van der Waals surface area contributed by atoms with E-state index in [-0.39, 0.29) is 6.04 Å². The fourth-order valence-electron chi connectivity index (χ4n) is 1.85. The molecule has 0 amide bonds. The van der Waals surface area contributed by atoms with Crippen LogP contribution in [0.15, 0.2) is 23.1 Å². The second-order valence-corrected chi connectivity index (χ2v) is 6.59. The first-order valence-electron chi connectivity index (χ1n) is 7.36. The predicted molar refractivity (Wildman–Crippen MR) is 83.6 cm³/mol. The summed E-state index contributed by atoms with van der Waals surface area (Å²) in [5.74, 6) is 1.11. The number of thioether (sulfide) groups is 1. The molecule has 0 saturated carbocycles. The van der Waals surface area contributed by atoms with Crippen molar-refractivity contribution in [3.63, 3.8) is 0 Å². The summed E-state index contributed by atoms with van der Waals surface area (Å²) in [5.41, 5.74) is 5.96. The van der Waals surface area contributed by atoms with Gasteiger partial charge in [0.15, 0.2) is 0 Å². The Morgan fingerprint density at radius 3 is 2.38 bits per heavy atom. The molecule has 0 fully saturated rings. The molecular weight excluding hydrogens is 295 g/mol. The van der Waals surface area contributed by atoms with Gasteiger partial charge in [-0.1, -0.05) is 33.3 Å². The van der Waals surface area contributed by atoms with Crippen molar-refractivity contribution in [2.75, 3.05) is 5.75 Å². The van der Waals surface area contributed by atoms with Crippen molar-refractivity contribution in [1.29, 1.82) is 0 Å². The van der Waals surface area contributed by atoms with Gasteiger partial charge in [0.05, 0.1) is 5.56 Å². The van der Waals surface area contributed by atoms with Crippen LogP contribution >= 0.6 is 11.8 Å². The molecule has 0 bridgehead atoms. The monoisotopic (exact) mass is 319 g/mol. The van der Waals surface area contributed by atoms with Crippen LogP contribution in [0.3, 0.4) is 0 Å². The number of benzene rings is 1. The van der Waals surface area contributed by atoms with E-state index in [1.807, 2.05) is 13.8 Å². The van der Waals surface area contributed by atoms with Crippen LogP contribution in [0.4, 0.5) is 13.2 Å². The second-order valence-electron chi connectivity index (χ2n) is 5.53. The lowest BCUT2D eigenvalue weighted by molar-refractivity contribution is -0.139. The molecule has 2 atom stereocenters. The van der Waals surface area contributed by atoms with Gasteiger partial charge in [0.1, 0.15) is 0 Å². The molecular formula is C16H24F3NS. The molecule has 0 aliphatic rings. The first-order chi connectivity index (χ1) is 9.77. The van der Waals surface area contributed by atoms with E-state index in [2.05, 4.69) is 6.92 Å². The van der Waals surface area contributed by atoms with Crippen LogP contribution in [-0.2, 0) is 12.6 Å². The lowest BCUT2D eigenvalue weighted by atomic mass is 10.0. The van der Waals surface area contributed by atoms with Gasteiger partial charge in [-0.2, -0.15) is 13.2 Å². The Morgan fingerprint density at radius 1 is 1.19 bits per heavy atom. The topological polar surface area (TPSA) is 26.0 Å². The van der Waals surface area contributed by atoms with Crippen molar-refractivity contribution in [2.45, 2.75) is 57.1 Å². The Balaban J connectivity index is 2.97. The highest BCUT2D eigenvalue weighted by molar-refractivity contribution is 7.99. The molecule has 21 heavy (non-hydrogen) atoms. The molecule has 5 heteroatoms. The third-order valence-electron chi connectivity index (χ3n) is 3.59. The maximum Gasteiger partial charge on any atom is 0.417 e. The van der Waals surface area contributed by atoms with Crippen molar-refractivity contribution in [3.05, 3.63) is 29.3 Å². The van der Waals surface area contributed by atoms with E-state index in [4.69, 9.17) is 5.73 Å². The van der Waals surface area contributed by atoms with E-state index < -0.39 is 11.7 Å². The second kappa shape index (κ2) is 8.08. The lowest BCUT2D eigenvalue weighted by Gasteiger charge is -2.17. The highest BCUT2D eigenvalue weighted by atomic mass is 32.2. The zero-order valence-corrected chi connectivity index (χ0v) is 13.7. The molecule has 1 aromatic rings. The van der Waals surface area contributed by atoms with Gasteiger partial charge in [0.2, 0.25) is 0 Å². The lowest BCUT2D eigenvalue weighted by Crippen LogP contribution is -2.21. The van der Waals surface area contributed by atoms with Gasteiger partial charge < -0.3 is 5.73 Å². The molecule has 0 aromatic heterocycles. The normalized spacial score (nSPS) is 15.0. The summed E-state index contributed by atoms with van der Waals surface area (Å²) in [5, 5.41) is 0. The quantitative estimate of drug-likeness (QED) is 0.706. The Hall–Kier alpha value is -0.680. The Bertz CT molecular complexity index is 446.